The number of aromatic nitrogens is 1. The van der Waals surface area contributed by atoms with Gasteiger partial charge in [-0.2, -0.15) is 0 Å². The minimum atomic E-state index is 0.0325. The molecule has 0 radical (unpaired) electrons. The minimum absolute atomic E-state index is 0.0325. The zero-order valence-corrected chi connectivity index (χ0v) is 11.0. The summed E-state index contributed by atoms with van der Waals surface area (Å²) in [6.45, 7) is 4.11. The fraction of sp³-hybridized carbons (Fsp3) is 0.188. The lowest BCUT2D eigenvalue weighted by Crippen LogP contribution is -2.01. The Bertz CT molecular complexity index is 585. The summed E-state index contributed by atoms with van der Waals surface area (Å²) in [5, 5.41) is 0. The van der Waals surface area contributed by atoms with E-state index in [2.05, 4.69) is 26.0 Å². The number of allylic oxidation sites excluding steroid dienone is 1. The molecule has 0 aliphatic rings. The predicted octanol–water partition coefficient (Wildman–Crippen LogP) is 3.54. The largest absolute Gasteiger partial charge is 0.348 e. The topological polar surface area (TPSA) is 22.0 Å². The summed E-state index contributed by atoms with van der Waals surface area (Å²) in [5.74, 6) is 0.0325. The molecule has 2 aromatic rings. The number of hydrogen-bond acceptors (Lipinski definition) is 1. The molecular weight excluding hydrogens is 222 g/mol. The highest BCUT2D eigenvalue weighted by Gasteiger charge is 2.05. The highest BCUT2D eigenvalue weighted by molar-refractivity contribution is 6.05. The molecule has 1 aromatic heterocycles. The molecule has 0 spiro atoms. The molecular formula is C16H17NO. The Hall–Kier alpha value is -2.09. The van der Waals surface area contributed by atoms with E-state index in [4.69, 9.17) is 0 Å². The highest BCUT2D eigenvalue weighted by atomic mass is 16.1. The van der Waals surface area contributed by atoms with Gasteiger partial charge in [-0.3, -0.25) is 4.79 Å². The van der Waals surface area contributed by atoms with Gasteiger partial charge in [0.25, 0.3) is 0 Å². The average molecular weight is 239 g/mol. The van der Waals surface area contributed by atoms with Crippen LogP contribution < -0.4 is 0 Å². The zero-order valence-electron chi connectivity index (χ0n) is 11.0. The van der Waals surface area contributed by atoms with E-state index >= 15 is 0 Å². The van der Waals surface area contributed by atoms with Crippen LogP contribution in [-0.4, -0.2) is 10.4 Å². The van der Waals surface area contributed by atoms with Crippen LogP contribution in [0.2, 0.25) is 0 Å². The van der Waals surface area contributed by atoms with Crippen molar-refractivity contribution in [3.05, 3.63) is 65.0 Å². The number of benzene rings is 1. The number of ketones is 1. The van der Waals surface area contributed by atoms with E-state index in [0.29, 0.717) is 5.69 Å². The van der Waals surface area contributed by atoms with E-state index in [1.54, 1.807) is 6.08 Å². The number of carbonyl (C=O) groups excluding carboxylic acids is 1. The van der Waals surface area contributed by atoms with Crippen molar-refractivity contribution in [1.82, 2.24) is 4.57 Å². The summed E-state index contributed by atoms with van der Waals surface area (Å²) in [6.07, 6.45) is 5.42. The Labute approximate surface area is 108 Å². The van der Waals surface area contributed by atoms with Crippen LogP contribution in [-0.2, 0) is 7.05 Å². The lowest BCUT2D eigenvalue weighted by atomic mass is 10.0. The smallest absolute Gasteiger partial charge is 0.202 e. The standard InChI is InChI=1S/C16H17NO/c1-12-6-4-7-13(2)14(12)9-10-16(18)15-8-5-11-17(15)3/h4-11H,1-3H3/b10-9+. The first kappa shape index (κ1) is 12.4. The van der Waals surface area contributed by atoms with E-state index < -0.39 is 0 Å². The molecule has 0 fully saturated rings. The van der Waals surface area contributed by atoms with E-state index in [0.717, 1.165) is 5.56 Å². The van der Waals surface area contributed by atoms with Crippen LogP contribution in [0.1, 0.15) is 27.2 Å². The second-order valence-corrected chi connectivity index (χ2v) is 4.51. The maximum atomic E-state index is 12.0. The summed E-state index contributed by atoms with van der Waals surface area (Å²) in [4.78, 5) is 12.0. The second-order valence-electron chi connectivity index (χ2n) is 4.51. The van der Waals surface area contributed by atoms with E-state index in [1.165, 1.54) is 11.1 Å². The molecule has 18 heavy (non-hydrogen) atoms. The number of nitrogens with zero attached hydrogens (tertiary/aromatic N) is 1. The van der Waals surface area contributed by atoms with Crippen molar-refractivity contribution in [2.75, 3.05) is 0 Å². The lowest BCUT2D eigenvalue weighted by molar-refractivity contribution is 0.104. The van der Waals surface area contributed by atoms with Gasteiger partial charge < -0.3 is 4.57 Å². The molecule has 0 saturated heterocycles. The average Bonchev–Trinajstić information content (AvgIpc) is 2.74. The van der Waals surface area contributed by atoms with Gasteiger partial charge in [-0.05, 0) is 48.7 Å². The van der Waals surface area contributed by atoms with Crippen molar-refractivity contribution in [3.8, 4) is 0 Å². The first-order valence-corrected chi connectivity index (χ1v) is 5.99. The molecule has 0 amide bonds. The maximum Gasteiger partial charge on any atom is 0.202 e. The molecule has 0 N–H and O–H groups in total. The van der Waals surface area contributed by atoms with E-state index in [9.17, 15) is 4.79 Å². The third-order valence-corrected chi connectivity index (χ3v) is 3.14. The Balaban J connectivity index is 2.27. The summed E-state index contributed by atoms with van der Waals surface area (Å²) in [5.41, 5.74) is 4.20. The van der Waals surface area contributed by atoms with Gasteiger partial charge >= 0.3 is 0 Å². The van der Waals surface area contributed by atoms with Gasteiger partial charge in [0.2, 0.25) is 5.78 Å². The molecule has 2 rings (SSSR count). The third kappa shape index (κ3) is 2.43. The van der Waals surface area contributed by atoms with Crippen molar-refractivity contribution in [2.24, 2.45) is 7.05 Å². The normalized spacial score (nSPS) is 11.1. The van der Waals surface area contributed by atoms with Gasteiger partial charge in [-0.15, -0.1) is 0 Å². The molecule has 2 heteroatoms. The minimum Gasteiger partial charge on any atom is -0.348 e. The molecule has 0 atom stereocenters. The van der Waals surface area contributed by atoms with Crippen LogP contribution in [0, 0.1) is 13.8 Å². The maximum absolute atomic E-state index is 12.0. The summed E-state index contributed by atoms with van der Waals surface area (Å²) >= 11 is 0. The fourth-order valence-corrected chi connectivity index (χ4v) is 2.05. The summed E-state index contributed by atoms with van der Waals surface area (Å²) < 4.78 is 1.83. The van der Waals surface area contributed by atoms with Crippen LogP contribution in [0.4, 0.5) is 0 Å². The Morgan fingerprint density at radius 2 is 1.78 bits per heavy atom. The van der Waals surface area contributed by atoms with Crippen LogP contribution in [0.5, 0.6) is 0 Å². The molecule has 92 valence electrons. The Kier molecular flexibility index (Phi) is 3.47. The number of carbonyl (C=O) groups is 1. The third-order valence-electron chi connectivity index (χ3n) is 3.14. The van der Waals surface area contributed by atoms with E-state index in [1.807, 2.05) is 42.1 Å². The van der Waals surface area contributed by atoms with Gasteiger partial charge in [-0.25, -0.2) is 0 Å². The van der Waals surface area contributed by atoms with Crippen LogP contribution in [0.25, 0.3) is 6.08 Å². The molecule has 1 heterocycles. The quantitative estimate of drug-likeness (QED) is 0.593. The van der Waals surface area contributed by atoms with Gasteiger partial charge in [-0.1, -0.05) is 24.3 Å². The zero-order chi connectivity index (χ0) is 13.1. The molecule has 0 aliphatic heterocycles. The number of aryl methyl sites for hydroxylation is 3. The lowest BCUT2D eigenvalue weighted by Gasteiger charge is -2.04. The molecule has 0 unspecified atom stereocenters. The van der Waals surface area contributed by atoms with Crippen LogP contribution in [0.15, 0.2) is 42.6 Å². The fourth-order valence-electron chi connectivity index (χ4n) is 2.05. The first-order valence-electron chi connectivity index (χ1n) is 5.99. The van der Waals surface area contributed by atoms with E-state index in [-0.39, 0.29) is 5.78 Å². The van der Waals surface area contributed by atoms with Gasteiger partial charge in [0, 0.05) is 13.2 Å². The van der Waals surface area contributed by atoms with Crippen molar-refractivity contribution >= 4 is 11.9 Å². The second kappa shape index (κ2) is 5.05. The van der Waals surface area contributed by atoms with Gasteiger partial charge in [0.15, 0.2) is 0 Å². The molecule has 2 nitrogen and oxygen atoms in total. The predicted molar refractivity (Wildman–Crippen MR) is 74.7 cm³/mol. The summed E-state index contributed by atoms with van der Waals surface area (Å²) in [6, 6.07) is 9.85. The summed E-state index contributed by atoms with van der Waals surface area (Å²) in [7, 11) is 1.88. The van der Waals surface area contributed by atoms with Gasteiger partial charge in [0.05, 0.1) is 5.69 Å². The molecule has 0 aliphatic carbocycles. The molecule has 0 bridgehead atoms. The monoisotopic (exact) mass is 239 g/mol. The van der Waals surface area contributed by atoms with Gasteiger partial charge in [0.1, 0.15) is 0 Å². The molecule has 0 saturated carbocycles. The number of hydrogen-bond donors (Lipinski definition) is 0. The first-order chi connectivity index (χ1) is 8.59. The highest BCUT2D eigenvalue weighted by Crippen LogP contribution is 2.15. The van der Waals surface area contributed by atoms with Crippen molar-refractivity contribution < 1.29 is 4.79 Å². The Morgan fingerprint density at radius 1 is 1.11 bits per heavy atom. The van der Waals surface area contributed by atoms with Crippen molar-refractivity contribution in [1.29, 1.82) is 0 Å². The Morgan fingerprint density at radius 3 is 2.33 bits per heavy atom. The van der Waals surface area contributed by atoms with Crippen molar-refractivity contribution in [2.45, 2.75) is 13.8 Å². The van der Waals surface area contributed by atoms with Crippen LogP contribution >= 0.6 is 0 Å². The SMILES string of the molecule is Cc1cccc(C)c1/C=C/C(=O)c1cccn1C. The van der Waals surface area contributed by atoms with Crippen LogP contribution in [0.3, 0.4) is 0 Å². The van der Waals surface area contributed by atoms with Crippen molar-refractivity contribution in [3.63, 3.8) is 0 Å². The molecule has 1 aromatic carbocycles. The number of rotatable bonds is 3.